The Kier molecular flexibility index (Phi) is 8.33. The van der Waals surface area contributed by atoms with E-state index in [9.17, 15) is 18.0 Å². The molecule has 0 bridgehead atoms. The van der Waals surface area contributed by atoms with E-state index in [1.165, 1.54) is 11.1 Å². The van der Waals surface area contributed by atoms with Crippen LogP contribution in [0.1, 0.15) is 62.3 Å². The van der Waals surface area contributed by atoms with Crippen molar-refractivity contribution in [2.24, 2.45) is 0 Å². The van der Waals surface area contributed by atoms with Crippen LogP contribution in [-0.4, -0.2) is 35.3 Å². The highest BCUT2D eigenvalue weighted by Crippen LogP contribution is 2.41. The molecule has 8 heteroatoms. The number of hydrogen-bond donors (Lipinski definition) is 0. The number of nitrogens with zero attached hydrogens (tertiary/aromatic N) is 1. The SMILES string of the molecule is CC(C)(C)OC(=O)N1CCC2(CCc3cc(-c4ccc(CSCc5ccc(C(F)(F)F)cc5)cc4)ccc3O2)CC1. The fourth-order valence-electron chi connectivity index (χ4n) is 5.35. The number of benzene rings is 3. The molecule has 0 radical (unpaired) electrons. The van der Waals surface area contributed by atoms with Crippen LogP contribution in [0.25, 0.3) is 11.1 Å². The lowest BCUT2D eigenvalue weighted by Gasteiger charge is -2.44. The van der Waals surface area contributed by atoms with Crippen molar-refractivity contribution in [3.63, 3.8) is 0 Å². The Morgan fingerprint density at radius 2 is 1.46 bits per heavy atom. The second-order valence-corrected chi connectivity index (χ2v) is 12.9. The fraction of sp³-hybridized carbons (Fsp3) is 0.424. The Hall–Kier alpha value is -3.13. The van der Waals surface area contributed by atoms with Crippen molar-refractivity contribution < 1.29 is 27.4 Å². The topological polar surface area (TPSA) is 38.8 Å². The van der Waals surface area contributed by atoms with E-state index in [0.29, 0.717) is 18.8 Å². The van der Waals surface area contributed by atoms with Crippen molar-refractivity contribution in [3.8, 4) is 16.9 Å². The van der Waals surface area contributed by atoms with Gasteiger partial charge in [0.1, 0.15) is 17.0 Å². The van der Waals surface area contributed by atoms with Crippen LogP contribution in [0.2, 0.25) is 0 Å². The van der Waals surface area contributed by atoms with Gasteiger partial charge in [0, 0.05) is 37.4 Å². The maximum absolute atomic E-state index is 12.8. The molecule has 218 valence electrons. The summed E-state index contributed by atoms with van der Waals surface area (Å²) < 4.78 is 50.4. The molecule has 1 saturated heterocycles. The van der Waals surface area contributed by atoms with Crippen LogP contribution >= 0.6 is 11.8 Å². The van der Waals surface area contributed by atoms with E-state index >= 15 is 0 Å². The van der Waals surface area contributed by atoms with E-state index in [-0.39, 0.29) is 11.7 Å². The minimum absolute atomic E-state index is 0.229. The zero-order valence-electron chi connectivity index (χ0n) is 23.7. The molecule has 0 atom stereocenters. The highest BCUT2D eigenvalue weighted by atomic mass is 32.2. The lowest BCUT2D eigenvalue weighted by atomic mass is 9.82. The van der Waals surface area contributed by atoms with E-state index < -0.39 is 17.3 Å². The minimum Gasteiger partial charge on any atom is -0.487 e. The van der Waals surface area contributed by atoms with Crippen molar-refractivity contribution in [2.75, 3.05) is 13.1 Å². The van der Waals surface area contributed by atoms with Gasteiger partial charge in [-0.25, -0.2) is 4.79 Å². The van der Waals surface area contributed by atoms with Crippen LogP contribution in [0.4, 0.5) is 18.0 Å². The molecular formula is C33H36F3NO3S. The molecule has 3 aromatic rings. The van der Waals surface area contributed by atoms with Gasteiger partial charge in [0.05, 0.1) is 5.56 Å². The van der Waals surface area contributed by atoms with Gasteiger partial charge in [-0.05, 0) is 85.7 Å². The molecule has 2 aliphatic heterocycles. The van der Waals surface area contributed by atoms with Gasteiger partial charge in [0.15, 0.2) is 0 Å². The van der Waals surface area contributed by atoms with Gasteiger partial charge < -0.3 is 14.4 Å². The first-order valence-corrected chi connectivity index (χ1v) is 15.2. The van der Waals surface area contributed by atoms with Crippen LogP contribution in [-0.2, 0) is 28.8 Å². The number of carbonyl (C=O) groups is 1. The predicted octanol–water partition coefficient (Wildman–Crippen LogP) is 8.90. The van der Waals surface area contributed by atoms with E-state index in [0.717, 1.165) is 66.0 Å². The van der Waals surface area contributed by atoms with Crippen molar-refractivity contribution in [2.45, 2.75) is 75.3 Å². The van der Waals surface area contributed by atoms with Crippen molar-refractivity contribution in [1.29, 1.82) is 0 Å². The summed E-state index contributed by atoms with van der Waals surface area (Å²) in [5.41, 5.74) is 4.20. The zero-order chi connectivity index (χ0) is 29.3. The largest absolute Gasteiger partial charge is 0.487 e. The quantitative estimate of drug-likeness (QED) is 0.301. The van der Waals surface area contributed by atoms with Crippen LogP contribution in [0.3, 0.4) is 0 Å². The van der Waals surface area contributed by atoms with Crippen LogP contribution < -0.4 is 4.74 Å². The molecule has 4 nitrogen and oxygen atoms in total. The van der Waals surface area contributed by atoms with Crippen molar-refractivity contribution in [1.82, 2.24) is 4.90 Å². The normalized spacial score (nSPS) is 16.7. The minimum atomic E-state index is -4.30. The molecule has 5 rings (SSSR count). The number of rotatable bonds is 5. The fourth-order valence-corrected chi connectivity index (χ4v) is 6.30. The van der Waals surface area contributed by atoms with E-state index in [1.54, 1.807) is 28.8 Å². The van der Waals surface area contributed by atoms with Crippen molar-refractivity contribution >= 4 is 17.9 Å². The summed E-state index contributed by atoms with van der Waals surface area (Å²) >= 11 is 1.68. The molecule has 3 aromatic carbocycles. The number of fused-ring (bicyclic) bond motifs is 1. The summed E-state index contributed by atoms with van der Waals surface area (Å²) in [7, 11) is 0. The van der Waals surface area contributed by atoms with Gasteiger partial charge in [0.2, 0.25) is 0 Å². The third-order valence-corrected chi connectivity index (χ3v) is 8.74. The van der Waals surface area contributed by atoms with Gasteiger partial charge >= 0.3 is 12.3 Å². The molecule has 41 heavy (non-hydrogen) atoms. The average molecular weight is 584 g/mol. The lowest BCUT2D eigenvalue weighted by molar-refractivity contribution is -0.137. The molecule has 1 fully saturated rings. The Morgan fingerprint density at radius 1 is 0.878 bits per heavy atom. The standard InChI is InChI=1S/C33H36F3NO3S/c1-31(2,3)40-30(38)37-18-16-32(17-19-37)15-14-27-20-26(10-13-29(27)39-32)25-8-4-23(5-9-25)21-41-22-24-6-11-28(12-7-24)33(34,35)36/h4-13,20H,14-19,21-22H2,1-3H3. The monoisotopic (exact) mass is 583 g/mol. The second kappa shape index (κ2) is 11.6. The summed E-state index contributed by atoms with van der Waals surface area (Å²) in [5.74, 6) is 2.37. The Morgan fingerprint density at radius 3 is 2.05 bits per heavy atom. The smallest absolute Gasteiger partial charge is 0.416 e. The zero-order valence-corrected chi connectivity index (χ0v) is 24.5. The number of thioether (sulfide) groups is 1. The molecule has 0 N–H and O–H groups in total. The van der Waals surface area contributed by atoms with Crippen LogP contribution in [0.5, 0.6) is 5.75 Å². The second-order valence-electron chi connectivity index (χ2n) is 12.0. The molecule has 1 amide bonds. The number of alkyl halides is 3. The molecule has 0 aromatic heterocycles. The van der Waals surface area contributed by atoms with Gasteiger partial charge in [-0.15, -0.1) is 0 Å². The molecular weight excluding hydrogens is 547 g/mol. The highest BCUT2D eigenvalue weighted by Gasteiger charge is 2.41. The first-order chi connectivity index (χ1) is 19.4. The average Bonchev–Trinajstić information content (AvgIpc) is 2.92. The van der Waals surface area contributed by atoms with Crippen LogP contribution in [0.15, 0.2) is 66.7 Å². The molecule has 0 aliphatic carbocycles. The highest BCUT2D eigenvalue weighted by molar-refractivity contribution is 7.97. The number of hydrogen-bond acceptors (Lipinski definition) is 4. The summed E-state index contributed by atoms with van der Waals surface area (Å²) in [5, 5.41) is 0. The van der Waals surface area contributed by atoms with Crippen molar-refractivity contribution in [3.05, 3.63) is 89.0 Å². The summed E-state index contributed by atoms with van der Waals surface area (Å²) in [6.07, 6.45) is -1.09. The molecule has 0 unspecified atom stereocenters. The number of piperidine rings is 1. The Labute approximate surface area is 244 Å². The number of amides is 1. The maximum atomic E-state index is 12.8. The number of ether oxygens (including phenoxy) is 2. The third-order valence-electron chi connectivity index (χ3n) is 7.67. The van der Waals surface area contributed by atoms with Gasteiger partial charge in [-0.3, -0.25) is 0 Å². The van der Waals surface area contributed by atoms with Gasteiger partial charge in [-0.1, -0.05) is 42.5 Å². The Balaban J connectivity index is 1.14. The van der Waals surface area contributed by atoms with Crippen LogP contribution in [0, 0.1) is 0 Å². The lowest BCUT2D eigenvalue weighted by Crippen LogP contribution is -2.52. The van der Waals surface area contributed by atoms with E-state index in [2.05, 4.69) is 42.5 Å². The summed E-state index contributed by atoms with van der Waals surface area (Å²) in [6, 6.07) is 20.2. The predicted molar refractivity (Wildman–Crippen MR) is 157 cm³/mol. The van der Waals surface area contributed by atoms with E-state index in [4.69, 9.17) is 9.47 Å². The molecule has 2 heterocycles. The number of aryl methyl sites for hydroxylation is 1. The van der Waals surface area contributed by atoms with Gasteiger partial charge in [0.25, 0.3) is 0 Å². The molecule has 0 saturated carbocycles. The van der Waals surface area contributed by atoms with E-state index in [1.807, 2.05) is 20.8 Å². The molecule has 2 aliphatic rings. The first kappa shape index (κ1) is 29.4. The molecule has 1 spiro atoms. The van der Waals surface area contributed by atoms with Gasteiger partial charge in [-0.2, -0.15) is 24.9 Å². The Bertz CT molecular complexity index is 1360. The number of likely N-dealkylation sites (tertiary alicyclic amines) is 1. The first-order valence-electron chi connectivity index (χ1n) is 14.0. The number of halogens is 3. The summed E-state index contributed by atoms with van der Waals surface area (Å²) in [6.45, 7) is 6.93. The third kappa shape index (κ3) is 7.39. The maximum Gasteiger partial charge on any atom is 0.416 e. The summed E-state index contributed by atoms with van der Waals surface area (Å²) in [4.78, 5) is 14.2. The number of carbonyl (C=O) groups excluding carboxylic acids is 1.